The van der Waals surface area contributed by atoms with Crippen molar-refractivity contribution < 1.29 is 9.53 Å². The van der Waals surface area contributed by atoms with Gasteiger partial charge in [-0.25, -0.2) is 4.98 Å². The molecule has 2 heterocycles. The molecule has 0 spiro atoms. The first-order valence-electron chi connectivity index (χ1n) is 10.9. The van der Waals surface area contributed by atoms with Crippen molar-refractivity contribution in [3.63, 3.8) is 0 Å². The van der Waals surface area contributed by atoms with Crippen molar-refractivity contribution in [3.8, 4) is 5.88 Å². The van der Waals surface area contributed by atoms with Gasteiger partial charge < -0.3 is 20.3 Å². The fourth-order valence-electron chi connectivity index (χ4n) is 3.59. The number of amides is 1. The summed E-state index contributed by atoms with van der Waals surface area (Å²) in [5.74, 6) is 1.87. The van der Waals surface area contributed by atoms with Gasteiger partial charge in [0.15, 0.2) is 5.96 Å². The Labute approximate surface area is 184 Å². The second-order valence-corrected chi connectivity index (χ2v) is 8.12. The van der Waals surface area contributed by atoms with Gasteiger partial charge in [0, 0.05) is 57.8 Å². The number of rotatable bonds is 9. The maximum absolute atomic E-state index is 12.4. The molecule has 1 amide bonds. The summed E-state index contributed by atoms with van der Waals surface area (Å²) >= 11 is 0. The molecular weight excluding hydrogens is 390 g/mol. The van der Waals surface area contributed by atoms with E-state index < -0.39 is 0 Å². The number of carbonyl (C=O) groups is 1. The van der Waals surface area contributed by atoms with Gasteiger partial charge in [0.05, 0.1) is 6.10 Å². The van der Waals surface area contributed by atoms with Gasteiger partial charge in [-0.05, 0) is 31.4 Å². The number of carbonyl (C=O) groups excluding carboxylic acids is 1. The molecule has 1 atom stereocenters. The van der Waals surface area contributed by atoms with Crippen molar-refractivity contribution in [3.05, 3.63) is 59.8 Å². The third-order valence-electron chi connectivity index (χ3n) is 5.20. The van der Waals surface area contributed by atoms with E-state index in [0.717, 1.165) is 31.0 Å². The molecule has 3 rings (SSSR count). The predicted molar refractivity (Wildman–Crippen MR) is 123 cm³/mol. The van der Waals surface area contributed by atoms with Crippen LogP contribution < -0.4 is 15.4 Å². The monoisotopic (exact) mass is 423 g/mol. The number of pyridine rings is 1. The lowest BCUT2D eigenvalue weighted by atomic mass is 10.1. The van der Waals surface area contributed by atoms with Gasteiger partial charge >= 0.3 is 0 Å². The molecule has 7 nitrogen and oxygen atoms in total. The summed E-state index contributed by atoms with van der Waals surface area (Å²) in [4.78, 5) is 22.9. The fourth-order valence-corrected chi connectivity index (χ4v) is 3.59. The number of nitrogens with one attached hydrogen (secondary N) is 2. The molecule has 0 saturated carbocycles. The van der Waals surface area contributed by atoms with E-state index in [1.54, 1.807) is 13.2 Å². The fraction of sp³-hybridized carbons (Fsp3) is 0.458. The predicted octanol–water partition coefficient (Wildman–Crippen LogP) is 2.62. The third-order valence-corrected chi connectivity index (χ3v) is 5.20. The number of ether oxygens (including phenoxy) is 1. The highest BCUT2D eigenvalue weighted by molar-refractivity contribution is 5.80. The highest BCUT2D eigenvalue weighted by Gasteiger charge is 2.29. The van der Waals surface area contributed by atoms with Crippen LogP contribution in [0.1, 0.15) is 31.4 Å². The number of aromatic nitrogens is 1. The Morgan fingerprint density at radius 2 is 2.00 bits per heavy atom. The molecule has 1 aromatic heterocycles. The van der Waals surface area contributed by atoms with Crippen molar-refractivity contribution in [2.75, 3.05) is 26.7 Å². The zero-order valence-electron chi connectivity index (χ0n) is 18.7. The Balaban J connectivity index is 1.39. The SMILES string of the molecule is CN=C(NCc1ccc(OC(C)C)nc1)NCC1CC(=O)N(CCc2ccccc2)C1. The van der Waals surface area contributed by atoms with Crippen LogP contribution >= 0.6 is 0 Å². The number of benzene rings is 1. The standard InChI is InChI=1S/C24H33N5O2/c1-18(2)31-22-10-9-20(14-26-22)15-27-24(25-3)28-16-21-13-23(30)29(17-21)12-11-19-7-5-4-6-8-19/h4-10,14,18,21H,11-13,15-17H2,1-3H3,(H2,25,27,28). The average molecular weight is 424 g/mol. The summed E-state index contributed by atoms with van der Waals surface area (Å²) in [6.07, 6.45) is 3.39. The summed E-state index contributed by atoms with van der Waals surface area (Å²) in [7, 11) is 1.75. The van der Waals surface area contributed by atoms with E-state index in [2.05, 4.69) is 32.7 Å². The Hall–Kier alpha value is -3.09. The minimum absolute atomic E-state index is 0.108. The van der Waals surface area contributed by atoms with E-state index in [9.17, 15) is 4.79 Å². The smallest absolute Gasteiger partial charge is 0.223 e. The van der Waals surface area contributed by atoms with Gasteiger partial charge in [0.2, 0.25) is 11.8 Å². The van der Waals surface area contributed by atoms with Crippen molar-refractivity contribution >= 4 is 11.9 Å². The van der Waals surface area contributed by atoms with Crippen molar-refractivity contribution in [2.24, 2.45) is 10.9 Å². The Bertz CT molecular complexity index is 852. The van der Waals surface area contributed by atoms with E-state index in [1.165, 1.54) is 5.56 Å². The topological polar surface area (TPSA) is 78.9 Å². The normalized spacial score (nSPS) is 16.6. The number of hydrogen-bond donors (Lipinski definition) is 2. The van der Waals surface area contributed by atoms with Gasteiger partial charge in [-0.1, -0.05) is 36.4 Å². The summed E-state index contributed by atoms with van der Waals surface area (Å²) in [5, 5.41) is 6.65. The van der Waals surface area contributed by atoms with Crippen LogP contribution in [0, 0.1) is 5.92 Å². The first-order chi connectivity index (χ1) is 15.0. The minimum Gasteiger partial charge on any atom is -0.475 e. The number of guanidine groups is 1. The molecule has 2 aromatic rings. The zero-order valence-corrected chi connectivity index (χ0v) is 18.7. The summed E-state index contributed by atoms with van der Waals surface area (Å²) in [6, 6.07) is 14.2. The Morgan fingerprint density at radius 3 is 2.68 bits per heavy atom. The molecule has 166 valence electrons. The second-order valence-electron chi connectivity index (χ2n) is 8.12. The van der Waals surface area contributed by atoms with E-state index >= 15 is 0 Å². The van der Waals surface area contributed by atoms with Crippen LogP contribution in [0.2, 0.25) is 0 Å². The van der Waals surface area contributed by atoms with Crippen LogP contribution in [-0.4, -0.2) is 54.5 Å². The maximum Gasteiger partial charge on any atom is 0.223 e. The summed E-state index contributed by atoms with van der Waals surface area (Å²) in [5.41, 5.74) is 2.31. The Morgan fingerprint density at radius 1 is 1.19 bits per heavy atom. The van der Waals surface area contributed by atoms with Gasteiger partial charge in [-0.3, -0.25) is 9.79 Å². The molecule has 0 bridgehead atoms. The highest BCUT2D eigenvalue weighted by Crippen LogP contribution is 2.17. The molecule has 1 fully saturated rings. The van der Waals surface area contributed by atoms with Crippen LogP contribution in [-0.2, 0) is 17.8 Å². The molecule has 1 unspecified atom stereocenters. The van der Waals surface area contributed by atoms with E-state index in [1.807, 2.05) is 49.1 Å². The largest absolute Gasteiger partial charge is 0.475 e. The van der Waals surface area contributed by atoms with Crippen molar-refractivity contribution in [2.45, 2.75) is 39.3 Å². The van der Waals surface area contributed by atoms with Crippen LogP contribution in [0.5, 0.6) is 5.88 Å². The lowest BCUT2D eigenvalue weighted by molar-refractivity contribution is -0.127. The zero-order chi connectivity index (χ0) is 22.1. The van der Waals surface area contributed by atoms with Crippen molar-refractivity contribution in [1.82, 2.24) is 20.5 Å². The molecule has 1 aliphatic rings. The summed E-state index contributed by atoms with van der Waals surface area (Å²) < 4.78 is 5.57. The van der Waals surface area contributed by atoms with E-state index in [4.69, 9.17) is 4.74 Å². The molecule has 1 aromatic carbocycles. The van der Waals surface area contributed by atoms with Crippen LogP contribution in [0.15, 0.2) is 53.7 Å². The van der Waals surface area contributed by atoms with Crippen LogP contribution in [0.25, 0.3) is 0 Å². The molecule has 0 radical (unpaired) electrons. The van der Waals surface area contributed by atoms with Gasteiger partial charge in [-0.15, -0.1) is 0 Å². The molecule has 7 heteroatoms. The van der Waals surface area contributed by atoms with Gasteiger partial charge in [0.25, 0.3) is 0 Å². The molecule has 1 saturated heterocycles. The van der Waals surface area contributed by atoms with Gasteiger partial charge in [0.1, 0.15) is 0 Å². The van der Waals surface area contributed by atoms with Gasteiger partial charge in [-0.2, -0.15) is 0 Å². The molecule has 31 heavy (non-hydrogen) atoms. The summed E-state index contributed by atoms with van der Waals surface area (Å²) in [6.45, 7) is 6.85. The molecule has 2 N–H and O–H groups in total. The number of likely N-dealkylation sites (tertiary alicyclic amines) is 1. The molecule has 1 aliphatic heterocycles. The Kier molecular flexibility index (Phi) is 8.27. The van der Waals surface area contributed by atoms with E-state index in [-0.39, 0.29) is 17.9 Å². The van der Waals surface area contributed by atoms with Crippen LogP contribution in [0.3, 0.4) is 0 Å². The second kappa shape index (κ2) is 11.3. The first-order valence-corrected chi connectivity index (χ1v) is 10.9. The first kappa shape index (κ1) is 22.6. The van der Waals surface area contributed by atoms with Crippen LogP contribution in [0.4, 0.5) is 0 Å². The number of aliphatic imine (C=N–C) groups is 1. The quantitative estimate of drug-likeness (QED) is 0.479. The van der Waals surface area contributed by atoms with E-state index in [0.29, 0.717) is 25.4 Å². The minimum atomic E-state index is 0.108. The molecule has 0 aliphatic carbocycles. The lowest BCUT2D eigenvalue weighted by Crippen LogP contribution is -2.40. The maximum atomic E-state index is 12.4. The highest BCUT2D eigenvalue weighted by atomic mass is 16.5. The number of nitrogens with zero attached hydrogens (tertiary/aromatic N) is 3. The molecular formula is C24H33N5O2. The lowest BCUT2D eigenvalue weighted by Gasteiger charge is -2.18. The number of hydrogen-bond acceptors (Lipinski definition) is 4. The third kappa shape index (κ3) is 7.27. The average Bonchev–Trinajstić information content (AvgIpc) is 3.13. The van der Waals surface area contributed by atoms with Crippen molar-refractivity contribution in [1.29, 1.82) is 0 Å².